The number of piperidine rings is 1. The van der Waals surface area contributed by atoms with Gasteiger partial charge in [-0.25, -0.2) is 0 Å². The van der Waals surface area contributed by atoms with Crippen molar-refractivity contribution in [2.24, 2.45) is 5.92 Å². The number of aromatic nitrogens is 1. The standard InChI is InChI=1S/C17H22N2/c1-12-7-9-17(2)16-14(8-10-19(17)11-12)13-5-3-4-6-15(13)18-16/h3-6,12,18H,7-11H2,1-2H3/p+1/t12-,17+/m1/s1. The van der Waals surface area contributed by atoms with E-state index in [9.17, 15) is 0 Å². The molecule has 0 spiro atoms. The van der Waals surface area contributed by atoms with Gasteiger partial charge >= 0.3 is 0 Å². The van der Waals surface area contributed by atoms with Crippen molar-refractivity contribution >= 4 is 10.9 Å². The largest absolute Gasteiger partial charge is 0.353 e. The molecule has 0 bridgehead atoms. The van der Waals surface area contributed by atoms with Gasteiger partial charge < -0.3 is 9.88 Å². The first-order valence-electron chi connectivity index (χ1n) is 7.64. The van der Waals surface area contributed by atoms with Gasteiger partial charge in [0.1, 0.15) is 5.54 Å². The number of quaternary nitrogens is 1. The highest BCUT2D eigenvalue weighted by atomic mass is 15.2. The average Bonchev–Trinajstić information content (AvgIpc) is 2.80. The molecule has 3 heterocycles. The molecular weight excluding hydrogens is 232 g/mol. The molecule has 1 saturated heterocycles. The Morgan fingerprint density at radius 2 is 2.16 bits per heavy atom. The van der Waals surface area contributed by atoms with Crippen LogP contribution in [0.5, 0.6) is 0 Å². The Hall–Kier alpha value is -1.28. The Morgan fingerprint density at radius 1 is 1.32 bits per heavy atom. The summed E-state index contributed by atoms with van der Waals surface area (Å²) in [7, 11) is 0. The Kier molecular flexibility index (Phi) is 2.34. The molecule has 0 aliphatic carbocycles. The molecule has 19 heavy (non-hydrogen) atoms. The third kappa shape index (κ3) is 1.53. The maximum atomic E-state index is 3.75. The van der Waals surface area contributed by atoms with Gasteiger partial charge in [-0.2, -0.15) is 0 Å². The molecule has 3 atom stereocenters. The van der Waals surface area contributed by atoms with Gasteiger partial charge in [0, 0.05) is 29.7 Å². The maximum absolute atomic E-state index is 3.75. The lowest BCUT2D eigenvalue weighted by molar-refractivity contribution is -0.970. The highest BCUT2D eigenvalue weighted by molar-refractivity contribution is 5.85. The summed E-state index contributed by atoms with van der Waals surface area (Å²) in [4.78, 5) is 5.55. The molecule has 0 saturated carbocycles. The van der Waals surface area contributed by atoms with Gasteiger partial charge in [0.2, 0.25) is 0 Å². The molecular formula is C17H23N2+. The summed E-state index contributed by atoms with van der Waals surface area (Å²) < 4.78 is 0. The molecule has 2 aliphatic rings. The predicted octanol–water partition coefficient (Wildman–Crippen LogP) is 2.25. The molecule has 1 aromatic carbocycles. The van der Waals surface area contributed by atoms with Crippen molar-refractivity contribution in [3.05, 3.63) is 35.5 Å². The Labute approximate surface area is 114 Å². The molecule has 2 aromatic rings. The lowest BCUT2D eigenvalue weighted by Crippen LogP contribution is -3.20. The summed E-state index contributed by atoms with van der Waals surface area (Å²) in [5, 5.41) is 1.45. The van der Waals surface area contributed by atoms with E-state index < -0.39 is 0 Å². The van der Waals surface area contributed by atoms with Gasteiger partial charge in [-0.05, 0) is 25.0 Å². The summed E-state index contributed by atoms with van der Waals surface area (Å²) in [5.41, 5.74) is 4.77. The van der Waals surface area contributed by atoms with Crippen molar-refractivity contribution in [2.45, 2.75) is 38.6 Å². The molecule has 0 amide bonds. The van der Waals surface area contributed by atoms with Crippen LogP contribution < -0.4 is 4.90 Å². The fraction of sp³-hybridized carbons (Fsp3) is 0.529. The van der Waals surface area contributed by atoms with Crippen LogP contribution >= 0.6 is 0 Å². The van der Waals surface area contributed by atoms with Crippen LogP contribution in [0.4, 0.5) is 0 Å². The first-order chi connectivity index (χ1) is 9.18. The number of hydrogen-bond acceptors (Lipinski definition) is 0. The molecule has 4 rings (SSSR count). The third-order valence-electron chi connectivity index (χ3n) is 5.55. The van der Waals surface area contributed by atoms with E-state index in [1.807, 2.05) is 0 Å². The Balaban J connectivity index is 1.90. The van der Waals surface area contributed by atoms with Crippen molar-refractivity contribution in [3.8, 4) is 0 Å². The van der Waals surface area contributed by atoms with Crippen LogP contribution in [0.25, 0.3) is 10.9 Å². The topological polar surface area (TPSA) is 20.2 Å². The fourth-order valence-corrected chi connectivity index (χ4v) is 4.35. The minimum absolute atomic E-state index is 0.319. The number of H-pyrrole nitrogens is 1. The molecule has 100 valence electrons. The Morgan fingerprint density at radius 3 is 3.05 bits per heavy atom. The molecule has 1 fully saturated rings. The number of nitrogens with one attached hydrogen (secondary N) is 2. The second-order valence-corrected chi connectivity index (χ2v) is 6.81. The molecule has 1 aromatic heterocycles. The fourth-order valence-electron chi connectivity index (χ4n) is 4.35. The monoisotopic (exact) mass is 255 g/mol. The molecule has 2 nitrogen and oxygen atoms in total. The van der Waals surface area contributed by atoms with E-state index in [2.05, 4.69) is 43.1 Å². The van der Waals surface area contributed by atoms with E-state index in [4.69, 9.17) is 0 Å². The summed E-state index contributed by atoms with van der Waals surface area (Å²) in [6, 6.07) is 8.81. The summed E-state index contributed by atoms with van der Waals surface area (Å²) in [6.45, 7) is 7.52. The molecule has 2 N–H and O–H groups in total. The predicted molar refractivity (Wildman–Crippen MR) is 78.4 cm³/mol. The minimum Gasteiger partial charge on any atom is -0.353 e. The number of fused-ring (bicyclic) bond motifs is 5. The average molecular weight is 255 g/mol. The lowest BCUT2D eigenvalue weighted by atomic mass is 9.77. The molecule has 0 radical (unpaired) electrons. The van der Waals surface area contributed by atoms with E-state index >= 15 is 0 Å². The van der Waals surface area contributed by atoms with Crippen molar-refractivity contribution < 1.29 is 4.90 Å². The number of para-hydroxylation sites is 1. The SMILES string of the molecule is C[C@@H]1CC[C@@]2(C)c3[nH]c4ccccc4c3CC[NH+]2C1. The molecule has 2 heteroatoms. The zero-order valence-electron chi connectivity index (χ0n) is 11.9. The van der Waals surface area contributed by atoms with Crippen molar-refractivity contribution in [1.82, 2.24) is 4.98 Å². The van der Waals surface area contributed by atoms with E-state index in [1.165, 1.54) is 48.9 Å². The quantitative estimate of drug-likeness (QED) is 0.720. The van der Waals surface area contributed by atoms with Gasteiger partial charge in [-0.3, -0.25) is 0 Å². The molecule has 2 aliphatic heterocycles. The Bertz CT molecular complexity index is 627. The first-order valence-corrected chi connectivity index (χ1v) is 7.64. The van der Waals surface area contributed by atoms with Crippen LogP contribution in [-0.2, 0) is 12.0 Å². The number of benzene rings is 1. The first kappa shape index (κ1) is 11.5. The number of hydrogen-bond donors (Lipinski definition) is 2. The van der Waals surface area contributed by atoms with Crippen LogP contribution in [0, 0.1) is 5.92 Å². The van der Waals surface area contributed by atoms with E-state index in [0.29, 0.717) is 5.54 Å². The van der Waals surface area contributed by atoms with E-state index in [1.54, 1.807) is 10.5 Å². The van der Waals surface area contributed by atoms with E-state index in [0.717, 1.165) is 5.92 Å². The minimum atomic E-state index is 0.319. The van der Waals surface area contributed by atoms with Crippen LogP contribution in [0.3, 0.4) is 0 Å². The van der Waals surface area contributed by atoms with Gasteiger partial charge in [0.15, 0.2) is 0 Å². The maximum Gasteiger partial charge on any atom is 0.136 e. The van der Waals surface area contributed by atoms with Gasteiger partial charge in [-0.15, -0.1) is 0 Å². The van der Waals surface area contributed by atoms with Crippen LogP contribution in [0.2, 0.25) is 0 Å². The van der Waals surface area contributed by atoms with Crippen LogP contribution in [0.15, 0.2) is 24.3 Å². The number of aromatic amines is 1. The summed E-state index contributed by atoms with van der Waals surface area (Å²) in [5.74, 6) is 0.883. The summed E-state index contributed by atoms with van der Waals surface area (Å²) in [6.07, 6.45) is 3.93. The van der Waals surface area contributed by atoms with Gasteiger partial charge in [-0.1, -0.05) is 25.1 Å². The van der Waals surface area contributed by atoms with Crippen LogP contribution in [0.1, 0.15) is 37.9 Å². The second kappa shape index (κ2) is 3.86. The van der Waals surface area contributed by atoms with E-state index in [-0.39, 0.29) is 0 Å². The van der Waals surface area contributed by atoms with Crippen molar-refractivity contribution in [2.75, 3.05) is 13.1 Å². The number of rotatable bonds is 0. The van der Waals surface area contributed by atoms with Gasteiger partial charge in [0.05, 0.1) is 18.8 Å². The summed E-state index contributed by atoms with van der Waals surface area (Å²) >= 11 is 0. The second-order valence-electron chi connectivity index (χ2n) is 6.81. The smallest absolute Gasteiger partial charge is 0.136 e. The normalized spacial score (nSPS) is 34.0. The highest BCUT2D eigenvalue weighted by Crippen LogP contribution is 2.36. The molecule has 1 unspecified atom stereocenters. The lowest BCUT2D eigenvalue weighted by Gasteiger charge is -2.46. The van der Waals surface area contributed by atoms with Crippen molar-refractivity contribution in [1.29, 1.82) is 0 Å². The zero-order chi connectivity index (χ0) is 13.0. The third-order valence-corrected chi connectivity index (χ3v) is 5.55. The van der Waals surface area contributed by atoms with Crippen LogP contribution in [-0.4, -0.2) is 18.1 Å². The highest BCUT2D eigenvalue weighted by Gasteiger charge is 2.47. The van der Waals surface area contributed by atoms with Crippen molar-refractivity contribution in [3.63, 3.8) is 0 Å². The zero-order valence-corrected chi connectivity index (χ0v) is 11.9. The van der Waals surface area contributed by atoms with Gasteiger partial charge in [0.25, 0.3) is 0 Å².